The fourth-order valence-corrected chi connectivity index (χ4v) is 2.72. The zero-order valence-corrected chi connectivity index (χ0v) is 16.8. The molecule has 1 aromatic carbocycles. The van der Waals surface area contributed by atoms with Crippen LogP contribution in [0.25, 0.3) is 6.08 Å². The highest BCUT2D eigenvalue weighted by Crippen LogP contribution is 2.37. The van der Waals surface area contributed by atoms with Crippen molar-refractivity contribution in [2.45, 2.75) is 52.4 Å². The minimum absolute atomic E-state index is 0.211. The smallest absolute Gasteiger partial charge is 0.330 e. The SMILES string of the molecule is CCOC(=O)/C=C/C=C/c1cccc(CO[Si](C)(C)C(C)(C)C)c1. The van der Waals surface area contributed by atoms with E-state index in [4.69, 9.17) is 9.16 Å². The molecule has 0 bridgehead atoms. The predicted octanol–water partition coefficient (Wildman–Crippen LogP) is 5.34. The van der Waals surface area contributed by atoms with Gasteiger partial charge in [0.05, 0.1) is 13.2 Å². The first kappa shape index (κ1) is 20.4. The molecular weight excluding hydrogens is 316 g/mol. The molecule has 3 nitrogen and oxygen atoms in total. The molecule has 0 saturated heterocycles. The molecule has 0 atom stereocenters. The van der Waals surface area contributed by atoms with Gasteiger partial charge in [0, 0.05) is 6.08 Å². The lowest BCUT2D eigenvalue weighted by molar-refractivity contribution is -0.137. The van der Waals surface area contributed by atoms with E-state index in [1.165, 1.54) is 6.08 Å². The highest BCUT2D eigenvalue weighted by molar-refractivity contribution is 6.74. The Bertz CT molecular complexity index is 595. The van der Waals surface area contributed by atoms with Crippen LogP contribution in [-0.4, -0.2) is 20.9 Å². The Kier molecular flexibility index (Phi) is 7.64. The number of hydrogen-bond donors (Lipinski definition) is 0. The van der Waals surface area contributed by atoms with Crippen molar-refractivity contribution in [1.82, 2.24) is 0 Å². The minimum Gasteiger partial charge on any atom is -0.463 e. The van der Waals surface area contributed by atoms with Gasteiger partial charge in [-0.05, 0) is 42.2 Å². The lowest BCUT2D eigenvalue weighted by Crippen LogP contribution is -2.40. The van der Waals surface area contributed by atoms with Crippen molar-refractivity contribution in [3.63, 3.8) is 0 Å². The van der Waals surface area contributed by atoms with E-state index < -0.39 is 8.32 Å². The molecule has 1 rings (SSSR count). The quantitative estimate of drug-likeness (QED) is 0.289. The van der Waals surface area contributed by atoms with E-state index in [1.54, 1.807) is 13.0 Å². The number of hydrogen-bond acceptors (Lipinski definition) is 3. The fraction of sp³-hybridized carbons (Fsp3) is 0.450. The summed E-state index contributed by atoms with van der Waals surface area (Å²) in [5.74, 6) is -0.321. The van der Waals surface area contributed by atoms with Crippen molar-refractivity contribution in [2.75, 3.05) is 6.61 Å². The Morgan fingerprint density at radius 1 is 1.21 bits per heavy atom. The summed E-state index contributed by atoms with van der Waals surface area (Å²) in [6.07, 6.45) is 6.91. The average molecular weight is 347 g/mol. The molecule has 0 saturated carbocycles. The molecule has 1 aromatic rings. The largest absolute Gasteiger partial charge is 0.463 e. The number of ether oxygens (including phenoxy) is 1. The summed E-state index contributed by atoms with van der Waals surface area (Å²) in [5, 5.41) is 0.211. The molecule has 0 fully saturated rings. The van der Waals surface area contributed by atoms with Crippen LogP contribution in [0, 0.1) is 0 Å². The van der Waals surface area contributed by atoms with Crippen LogP contribution in [0.4, 0.5) is 0 Å². The first-order chi connectivity index (χ1) is 11.2. The third kappa shape index (κ3) is 6.85. The molecular formula is C20H30O3Si. The van der Waals surface area contributed by atoms with Crippen LogP contribution in [0.1, 0.15) is 38.8 Å². The van der Waals surface area contributed by atoms with Crippen molar-refractivity contribution in [3.05, 3.63) is 53.6 Å². The Labute approximate surface area is 147 Å². The van der Waals surface area contributed by atoms with Gasteiger partial charge < -0.3 is 9.16 Å². The number of rotatable bonds is 7. The van der Waals surface area contributed by atoms with Gasteiger partial charge in [0.2, 0.25) is 0 Å². The van der Waals surface area contributed by atoms with Gasteiger partial charge in [0.1, 0.15) is 0 Å². The van der Waals surface area contributed by atoms with E-state index in [0.717, 1.165) is 11.1 Å². The average Bonchev–Trinajstić information content (AvgIpc) is 2.49. The highest BCUT2D eigenvalue weighted by atomic mass is 28.4. The standard InChI is InChI=1S/C20H30O3Si/c1-7-22-19(21)14-9-8-11-17-12-10-13-18(15-17)16-23-24(5,6)20(2,3)4/h8-15H,7,16H2,1-6H3/b11-8+,14-9+. The minimum atomic E-state index is -1.74. The molecule has 0 aliphatic carbocycles. The molecule has 0 N–H and O–H groups in total. The molecule has 24 heavy (non-hydrogen) atoms. The Balaban J connectivity index is 2.66. The monoisotopic (exact) mass is 346 g/mol. The zero-order valence-electron chi connectivity index (χ0n) is 15.8. The number of esters is 1. The van der Waals surface area contributed by atoms with Crippen molar-refractivity contribution in [3.8, 4) is 0 Å². The van der Waals surface area contributed by atoms with E-state index >= 15 is 0 Å². The number of benzene rings is 1. The maximum absolute atomic E-state index is 11.2. The van der Waals surface area contributed by atoms with Crippen LogP contribution in [-0.2, 0) is 20.6 Å². The molecule has 0 aromatic heterocycles. The highest BCUT2D eigenvalue weighted by Gasteiger charge is 2.36. The Morgan fingerprint density at radius 2 is 1.92 bits per heavy atom. The number of carbonyl (C=O) groups is 1. The van der Waals surface area contributed by atoms with Gasteiger partial charge in [-0.25, -0.2) is 4.79 Å². The third-order valence-corrected chi connectivity index (χ3v) is 8.75. The molecule has 132 valence electrons. The first-order valence-corrected chi connectivity index (χ1v) is 11.3. The fourth-order valence-electron chi connectivity index (χ4n) is 1.76. The number of allylic oxidation sites excluding steroid dienone is 2. The molecule has 0 unspecified atom stereocenters. The van der Waals surface area contributed by atoms with Crippen LogP contribution in [0.3, 0.4) is 0 Å². The van der Waals surface area contributed by atoms with Crippen molar-refractivity contribution < 1.29 is 14.0 Å². The Morgan fingerprint density at radius 3 is 2.54 bits per heavy atom. The van der Waals surface area contributed by atoms with Crippen molar-refractivity contribution in [2.24, 2.45) is 0 Å². The van der Waals surface area contributed by atoms with E-state index in [-0.39, 0.29) is 11.0 Å². The van der Waals surface area contributed by atoms with E-state index in [0.29, 0.717) is 13.2 Å². The van der Waals surface area contributed by atoms with Crippen LogP contribution < -0.4 is 0 Å². The van der Waals surface area contributed by atoms with Gasteiger partial charge >= 0.3 is 5.97 Å². The normalized spacial score (nSPS) is 12.9. The molecule has 0 spiro atoms. The van der Waals surface area contributed by atoms with Gasteiger partial charge in [-0.3, -0.25) is 0 Å². The molecule has 0 aliphatic rings. The van der Waals surface area contributed by atoms with E-state index in [2.05, 4.69) is 46.0 Å². The van der Waals surface area contributed by atoms with Crippen LogP contribution in [0.5, 0.6) is 0 Å². The second-order valence-electron chi connectivity index (χ2n) is 7.26. The van der Waals surface area contributed by atoms with Crippen LogP contribution >= 0.6 is 0 Å². The molecule has 0 radical (unpaired) electrons. The summed E-state index contributed by atoms with van der Waals surface area (Å²) in [5.41, 5.74) is 2.25. The second-order valence-corrected chi connectivity index (χ2v) is 12.1. The van der Waals surface area contributed by atoms with Crippen LogP contribution in [0.2, 0.25) is 18.1 Å². The van der Waals surface area contributed by atoms with Gasteiger partial charge in [0.25, 0.3) is 0 Å². The molecule has 4 heteroatoms. The van der Waals surface area contributed by atoms with Crippen molar-refractivity contribution in [1.29, 1.82) is 0 Å². The van der Waals surface area contributed by atoms with Gasteiger partial charge in [-0.1, -0.05) is 57.2 Å². The molecule has 0 aliphatic heterocycles. The van der Waals surface area contributed by atoms with Gasteiger partial charge in [0.15, 0.2) is 8.32 Å². The molecule has 0 amide bonds. The number of carbonyl (C=O) groups excluding carboxylic acids is 1. The molecule has 0 heterocycles. The second kappa shape index (κ2) is 8.99. The Hall–Kier alpha value is -1.65. The topological polar surface area (TPSA) is 35.5 Å². The lowest BCUT2D eigenvalue weighted by atomic mass is 10.1. The van der Waals surface area contributed by atoms with Gasteiger partial charge in [-0.15, -0.1) is 0 Å². The zero-order chi connectivity index (χ0) is 18.2. The maximum Gasteiger partial charge on any atom is 0.330 e. The summed E-state index contributed by atoms with van der Waals surface area (Å²) >= 11 is 0. The summed E-state index contributed by atoms with van der Waals surface area (Å²) < 4.78 is 11.1. The third-order valence-electron chi connectivity index (χ3n) is 4.28. The predicted molar refractivity (Wildman–Crippen MR) is 103 cm³/mol. The van der Waals surface area contributed by atoms with Gasteiger partial charge in [-0.2, -0.15) is 0 Å². The van der Waals surface area contributed by atoms with Crippen LogP contribution in [0.15, 0.2) is 42.5 Å². The summed E-state index contributed by atoms with van der Waals surface area (Å²) in [7, 11) is -1.74. The summed E-state index contributed by atoms with van der Waals surface area (Å²) in [6.45, 7) is 14.1. The lowest BCUT2D eigenvalue weighted by Gasteiger charge is -2.36. The van der Waals surface area contributed by atoms with E-state index in [9.17, 15) is 4.79 Å². The van der Waals surface area contributed by atoms with E-state index in [1.807, 2.05) is 24.3 Å². The van der Waals surface area contributed by atoms with Crippen molar-refractivity contribution >= 4 is 20.4 Å². The maximum atomic E-state index is 11.2. The summed E-state index contributed by atoms with van der Waals surface area (Å²) in [6, 6.07) is 8.25. The summed E-state index contributed by atoms with van der Waals surface area (Å²) in [4.78, 5) is 11.2. The first-order valence-electron chi connectivity index (χ1n) is 8.40.